The van der Waals surface area contributed by atoms with Crippen molar-refractivity contribution in [2.24, 2.45) is 0 Å². The molecular formula is C60H113O11P. The zero-order valence-corrected chi connectivity index (χ0v) is 47.8. The predicted molar refractivity (Wildman–Crippen MR) is 298 cm³/mol. The van der Waals surface area contributed by atoms with Gasteiger partial charge >= 0.3 is 25.7 Å². The fourth-order valence-electron chi connectivity index (χ4n) is 8.74. The van der Waals surface area contributed by atoms with Crippen molar-refractivity contribution in [1.29, 1.82) is 0 Å². The largest absolute Gasteiger partial charge is 0.472 e. The Morgan fingerprint density at radius 2 is 0.681 bits per heavy atom. The minimum atomic E-state index is -4.74. The summed E-state index contributed by atoms with van der Waals surface area (Å²) < 4.78 is 39.5. The average Bonchev–Trinajstić information content (AvgIpc) is 3.37. The predicted octanol–water partition coefficient (Wildman–Crippen LogP) is 17.8. The van der Waals surface area contributed by atoms with E-state index in [0.717, 1.165) is 83.5 Å². The summed E-state index contributed by atoms with van der Waals surface area (Å²) in [5.41, 5.74) is 0. The molecule has 424 valence electrons. The molecule has 0 aromatic carbocycles. The van der Waals surface area contributed by atoms with E-state index in [1.807, 2.05) is 0 Å². The first-order valence-corrected chi connectivity index (χ1v) is 31.7. The van der Waals surface area contributed by atoms with Crippen molar-refractivity contribution in [3.05, 3.63) is 24.3 Å². The molecule has 0 fully saturated rings. The summed E-state index contributed by atoms with van der Waals surface area (Å²) in [6.45, 7) is 4.65. The fraction of sp³-hybridized carbons (Fsp3) is 0.883. The lowest BCUT2D eigenvalue weighted by molar-refractivity contribution is -0.161. The fourth-order valence-corrected chi connectivity index (χ4v) is 9.53. The number of aliphatic hydroxyl groups excluding tert-OH is 1. The maximum atomic E-state index is 12.9. The van der Waals surface area contributed by atoms with Gasteiger partial charge in [0.2, 0.25) is 0 Å². The summed E-state index contributed by atoms with van der Waals surface area (Å²) in [5.74, 6) is -1.45. The Kier molecular flexibility index (Phi) is 53.6. The van der Waals surface area contributed by atoms with E-state index < -0.39 is 57.8 Å². The number of carbonyl (C=O) groups is 3. The normalized spacial score (nSPS) is 13.5. The van der Waals surface area contributed by atoms with Gasteiger partial charge in [0, 0.05) is 19.3 Å². The van der Waals surface area contributed by atoms with Crippen molar-refractivity contribution < 1.29 is 52.2 Å². The number of unbranched alkanes of at least 4 members (excludes halogenated alkanes) is 36. The molecular weight excluding hydrogens is 928 g/mol. The first-order chi connectivity index (χ1) is 35.2. The first-order valence-electron chi connectivity index (χ1n) is 30.2. The van der Waals surface area contributed by atoms with Gasteiger partial charge in [-0.2, -0.15) is 0 Å². The standard InChI is InChI=1S/C60H113O11P/c1-4-7-10-13-16-19-22-24-26-27-28-29-31-33-36-39-42-45-48-51-60(64)71-57(53-67-58(62)49-46-43-40-37-35-32-30-25-23-20-17-14-11-8-5-2)55-69-72(65,66)68-54-56(52-61)70-59(63)50-47-44-41-38-34-21-18-15-12-9-6-3/h17,20,25,30,56-57,61H,4-16,18-19,21-24,26-29,31-55H2,1-3H3,(H,65,66)/b20-17-,30-25-. The van der Waals surface area contributed by atoms with E-state index in [1.54, 1.807) is 0 Å². The second kappa shape index (κ2) is 55.2. The molecule has 0 heterocycles. The molecule has 2 N–H and O–H groups in total. The minimum Gasteiger partial charge on any atom is -0.462 e. The number of hydrogen-bond donors (Lipinski definition) is 2. The molecule has 12 heteroatoms. The smallest absolute Gasteiger partial charge is 0.462 e. The molecule has 0 aromatic rings. The number of aliphatic hydroxyl groups is 1. The molecule has 0 amide bonds. The van der Waals surface area contributed by atoms with Crippen LogP contribution in [0.15, 0.2) is 24.3 Å². The summed E-state index contributed by atoms with van der Waals surface area (Å²) in [5, 5.41) is 9.80. The Bertz CT molecular complexity index is 1310. The second-order valence-electron chi connectivity index (χ2n) is 20.5. The van der Waals surface area contributed by atoms with Crippen molar-refractivity contribution in [2.75, 3.05) is 26.4 Å². The van der Waals surface area contributed by atoms with Crippen LogP contribution < -0.4 is 0 Å². The third-order valence-corrected chi connectivity index (χ3v) is 14.3. The van der Waals surface area contributed by atoms with E-state index in [2.05, 4.69) is 45.1 Å². The van der Waals surface area contributed by atoms with Crippen molar-refractivity contribution in [3.8, 4) is 0 Å². The monoisotopic (exact) mass is 1040 g/mol. The summed E-state index contributed by atoms with van der Waals surface area (Å²) in [6.07, 6.45) is 55.6. The molecule has 3 unspecified atom stereocenters. The van der Waals surface area contributed by atoms with Gasteiger partial charge in [-0.15, -0.1) is 0 Å². The number of phosphoric ester groups is 1. The van der Waals surface area contributed by atoms with E-state index in [1.165, 1.54) is 161 Å². The van der Waals surface area contributed by atoms with Crippen LogP contribution in [0.3, 0.4) is 0 Å². The summed E-state index contributed by atoms with van der Waals surface area (Å²) in [7, 11) is -4.74. The van der Waals surface area contributed by atoms with Crippen LogP contribution in [0.25, 0.3) is 0 Å². The molecule has 0 rings (SSSR count). The molecule has 3 atom stereocenters. The Morgan fingerprint density at radius 3 is 1.06 bits per heavy atom. The zero-order valence-electron chi connectivity index (χ0n) is 46.9. The number of rotatable bonds is 57. The highest BCUT2D eigenvalue weighted by molar-refractivity contribution is 7.47. The van der Waals surface area contributed by atoms with Gasteiger partial charge in [-0.1, -0.05) is 257 Å². The number of phosphoric acid groups is 1. The second-order valence-corrected chi connectivity index (χ2v) is 22.0. The number of carbonyl (C=O) groups excluding carboxylic acids is 3. The van der Waals surface area contributed by atoms with Crippen molar-refractivity contribution in [3.63, 3.8) is 0 Å². The van der Waals surface area contributed by atoms with Crippen LogP contribution in [-0.4, -0.2) is 66.5 Å². The minimum absolute atomic E-state index is 0.172. The SMILES string of the molecule is CCCCC/C=C\C/C=C\CCCCCCCC(=O)OCC(COP(=O)(O)OCC(CO)OC(=O)CCCCCCCCCCCCC)OC(=O)CCCCCCCCCCCCCCCCCCCCC. The Morgan fingerprint density at radius 1 is 0.389 bits per heavy atom. The number of hydrogen-bond acceptors (Lipinski definition) is 10. The lowest BCUT2D eigenvalue weighted by Gasteiger charge is -2.21. The van der Waals surface area contributed by atoms with Crippen LogP contribution in [0.1, 0.15) is 303 Å². The Hall–Kier alpha value is -2.04. The molecule has 0 bridgehead atoms. The number of allylic oxidation sites excluding steroid dienone is 4. The third-order valence-electron chi connectivity index (χ3n) is 13.4. The molecule has 0 radical (unpaired) electrons. The van der Waals surface area contributed by atoms with Crippen LogP contribution in [0.2, 0.25) is 0 Å². The van der Waals surface area contributed by atoms with Crippen LogP contribution in [0.5, 0.6) is 0 Å². The van der Waals surface area contributed by atoms with Gasteiger partial charge in [0.05, 0.1) is 19.8 Å². The molecule has 11 nitrogen and oxygen atoms in total. The summed E-state index contributed by atoms with van der Waals surface area (Å²) >= 11 is 0. The molecule has 0 aliphatic heterocycles. The van der Waals surface area contributed by atoms with E-state index in [0.29, 0.717) is 19.3 Å². The highest BCUT2D eigenvalue weighted by Gasteiger charge is 2.28. The van der Waals surface area contributed by atoms with E-state index in [-0.39, 0.29) is 25.9 Å². The van der Waals surface area contributed by atoms with E-state index >= 15 is 0 Å². The number of esters is 3. The third kappa shape index (κ3) is 52.8. The highest BCUT2D eigenvalue weighted by atomic mass is 31.2. The highest BCUT2D eigenvalue weighted by Crippen LogP contribution is 2.43. The first kappa shape index (κ1) is 70.0. The van der Waals surface area contributed by atoms with Gasteiger partial charge in [0.1, 0.15) is 12.7 Å². The lowest BCUT2D eigenvalue weighted by atomic mass is 10.0. The number of ether oxygens (including phenoxy) is 3. The molecule has 0 aliphatic carbocycles. The van der Waals surface area contributed by atoms with Gasteiger partial charge in [0.15, 0.2) is 6.10 Å². The van der Waals surface area contributed by atoms with Crippen LogP contribution in [0.4, 0.5) is 0 Å². The topological polar surface area (TPSA) is 155 Å². The molecule has 72 heavy (non-hydrogen) atoms. The van der Waals surface area contributed by atoms with Crippen LogP contribution >= 0.6 is 7.82 Å². The van der Waals surface area contributed by atoms with Gasteiger partial charge in [-0.25, -0.2) is 4.57 Å². The maximum absolute atomic E-state index is 12.9. The van der Waals surface area contributed by atoms with Crippen molar-refractivity contribution in [1.82, 2.24) is 0 Å². The van der Waals surface area contributed by atoms with Gasteiger partial charge in [0.25, 0.3) is 0 Å². The summed E-state index contributed by atoms with van der Waals surface area (Å²) in [4.78, 5) is 48.5. The van der Waals surface area contributed by atoms with Gasteiger partial charge < -0.3 is 24.2 Å². The molecule has 0 saturated heterocycles. The van der Waals surface area contributed by atoms with Crippen molar-refractivity contribution >= 4 is 25.7 Å². The average molecular weight is 1040 g/mol. The summed E-state index contributed by atoms with van der Waals surface area (Å²) in [6, 6.07) is 0. The lowest BCUT2D eigenvalue weighted by Crippen LogP contribution is -2.30. The van der Waals surface area contributed by atoms with E-state index in [4.69, 9.17) is 23.3 Å². The Labute approximate surface area is 442 Å². The molecule has 0 saturated carbocycles. The molecule has 0 aromatic heterocycles. The Balaban J connectivity index is 4.68. The molecule has 0 spiro atoms. The van der Waals surface area contributed by atoms with Crippen LogP contribution in [-0.2, 0) is 42.2 Å². The maximum Gasteiger partial charge on any atom is 0.472 e. The molecule has 0 aliphatic rings. The van der Waals surface area contributed by atoms with Gasteiger partial charge in [-0.3, -0.25) is 23.4 Å². The van der Waals surface area contributed by atoms with E-state index in [9.17, 15) is 28.9 Å². The van der Waals surface area contributed by atoms with Crippen molar-refractivity contribution in [2.45, 2.75) is 315 Å². The zero-order chi connectivity index (χ0) is 52.7. The quantitative estimate of drug-likeness (QED) is 0.0197. The van der Waals surface area contributed by atoms with Crippen LogP contribution in [0, 0.1) is 0 Å². The van der Waals surface area contributed by atoms with Gasteiger partial charge in [-0.05, 0) is 51.4 Å².